The second kappa shape index (κ2) is 8.22. The average Bonchev–Trinajstić information content (AvgIpc) is 3.05. The molecule has 0 amide bonds. The van der Waals surface area contributed by atoms with Crippen LogP contribution < -0.4 is 4.90 Å². The van der Waals surface area contributed by atoms with Gasteiger partial charge in [-0.1, -0.05) is 68.4 Å². The van der Waals surface area contributed by atoms with E-state index in [1.165, 1.54) is 38.9 Å². The molecule has 0 saturated heterocycles. The summed E-state index contributed by atoms with van der Waals surface area (Å²) in [4.78, 5) is 7.44. The molecule has 3 heterocycles. The molecular formula is C28H31N3. The predicted octanol–water partition coefficient (Wildman–Crippen LogP) is 6.15. The van der Waals surface area contributed by atoms with Crippen LogP contribution in [0.1, 0.15) is 41.8 Å². The number of anilines is 1. The lowest BCUT2D eigenvalue weighted by atomic mass is 9.98. The van der Waals surface area contributed by atoms with Crippen LogP contribution in [0.5, 0.6) is 0 Å². The van der Waals surface area contributed by atoms with E-state index in [9.17, 15) is 0 Å². The molecule has 0 unspecified atom stereocenters. The van der Waals surface area contributed by atoms with Crippen LogP contribution in [0.3, 0.4) is 0 Å². The maximum Gasteiger partial charge on any atom is 0.138 e. The van der Waals surface area contributed by atoms with E-state index in [2.05, 4.69) is 90.9 Å². The quantitative estimate of drug-likeness (QED) is 0.394. The van der Waals surface area contributed by atoms with Crippen LogP contribution in [-0.2, 0) is 25.9 Å². The highest BCUT2D eigenvalue weighted by Gasteiger charge is 2.24. The summed E-state index contributed by atoms with van der Waals surface area (Å²) in [5, 5.41) is 1.34. The lowest BCUT2D eigenvalue weighted by molar-refractivity contribution is 0.527. The van der Waals surface area contributed by atoms with Gasteiger partial charge >= 0.3 is 0 Å². The van der Waals surface area contributed by atoms with Gasteiger partial charge in [0.1, 0.15) is 5.82 Å². The van der Waals surface area contributed by atoms with E-state index in [1.807, 2.05) is 6.20 Å². The minimum Gasteiger partial charge on any atom is -0.351 e. The second-order valence-corrected chi connectivity index (χ2v) is 9.20. The number of fused-ring (bicyclic) bond motifs is 2. The van der Waals surface area contributed by atoms with Gasteiger partial charge in [-0.15, -0.1) is 0 Å². The van der Waals surface area contributed by atoms with Crippen LogP contribution in [0, 0.1) is 12.8 Å². The maximum atomic E-state index is 4.95. The van der Waals surface area contributed by atoms with E-state index in [0.717, 1.165) is 38.3 Å². The summed E-state index contributed by atoms with van der Waals surface area (Å²) in [5.41, 5.74) is 8.37. The Morgan fingerprint density at radius 3 is 2.45 bits per heavy atom. The van der Waals surface area contributed by atoms with Crippen LogP contribution in [0.4, 0.5) is 5.82 Å². The molecule has 5 rings (SSSR count). The molecule has 3 nitrogen and oxygen atoms in total. The zero-order valence-corrected chi connectivity index (χ0v) is 18.8. The molecule has 2 aromatic heterocycles. The van der Waals surface area contributed by atoms with Gasteiger partial charge in [0.05, 0.1) is 5.52 Å². The number of rotatable bonds is 5. The number of hydrogen-bond acceptors (Lipinski definition) is 2. The number of hydrogen-bond donors (Lipinski definition) is 0. The monoisotopic (exact) mass is 409 g/mol. The zero-order valence-electron chi connectivity index (χ0n) is 18.8. The molecule has 3 heteroatoms. The molecule has 0 fully saturated rings. The van der Waals surface area contributed by atoms with Crippen molar-refractivity contribution in [1.82, 2.24) is 9.55 Å². The Bertz CT molecular complexity index is 1200. The summed E-state index contributed by atoms with van der Waals surface area (Å²) in [7, 11) is 0. The van der Waals surface area contributed by atoms with Crippen molar-refractivity contribution in [1.29, 1.82) is 0 Å². The summed E-state index contributed by atoms with van der Waals surface area (Å²) >= 11 is 0. The van der Waals surface area contributed by atoms with E-state index >= 15 is 0 Å². The van der Waals surface area contributed by atoms with Gasteiger partial charge in [0.25, 0.3) is 0 Å². The summed E-state index contributed by atoms with van der Waals surface area (Å²) < 4.78 is 2.52. The molecule has 0 bridgehead atoms. The predicted molar refractivity (Wildman–Crippen MR) is 130 cm³/mol. The van der Waals surface area contributed by atoms with Crippen molar-refractivity contribution in [3.05, 3.63) is 94.8 Å². The molecule has 0 spiro atoms. The van der Waals surface area contributed by atoms with Gasteiger partial charge in [0.15, 0.2) is 0 Å². The van der Waals surface area contributed by atoms with Crippen LogP contribution in [0.2, 0.25) is 0 Å². The summed E-state index contributed by atoms with van der Waals surface area (Å²) in [6.45, 7) is 9.86. The first kappa shape index (κ1) is 19.9. The smallest absolute Gasteiger partial charge is 0.138 e. The standard InChI is InChI=1S/C28H31N3/c1-20(2)18-31-21(3)25(17-22-9-5-4-6-10-22)27-26(31)13-15-29-28(27)30-16-14-23-11-7-8-12-24(23)19-30/h4-13,15,20H,14,16-19H2,1-3H3. The van der Waals surface area contributed by atoms with E-state index < -0.39 is 0 Å². The molecule has 4 aromatic rings. The topological polar surface area (TPSA) is 21.1 Å². The van der Waals surface area contributed by atoms with Crippen LogP contribution in [-0.4, -0.2) is 16.1 Å². The molecule has 0 atom stereocenters. The highest BCUT2D eigenvalue weighted by Crippen LogP contribution is 2.36. The fourth-order valence-corrected chi connectivity index (χ4v) is 5.01. The third kappa shape index (κ3) is 3.74. The van der Waals surface area contributed by atoms with E-state index in [-0.39, 0.29) is 0 Å². The fourth-order valence-electron chi connectivity index (χ4n) is 5.01. The van der Waals surface area contributed by atoms with Gasteiger partial charge in [-0.05, 0) is 54.0 Å². The fraction of sp³-hybridized carbons (Fsp3) is 0.321. The summed E-state index contributed by atoms with van der Waals surface area (Å²) in [5.74, 6) is 1.74. The first-order valence-corrected chi connectivity index (χ1v) is 11.4. The van der Waals surface area contributed by atoms with Gasteiger partial charge in [0.2, 0.25) is 0 Å². The maximum absolute atomic E-state index is 4.95. The Kier molecular flexibility index (Phi) is 5.27. The van der Waals surface area contributed by atoms with Crippen molar-refractivity contribution in [3.63, 3.8) is 0 Å². The Morgan fingerprint density at radius 1 is 0.935 bits per heavy atom. The van der Waals surface area contributed by atoms with E-state index in [0.29, 0.717) is 5.92 Å². The van der Waals surface area contributed by atoms with Gasteiger partial charge < -0.3 is 9.47 Å². The lowest BCUT2D eigenvalue weighted by Crippen LogP contribution is -2.31. The molecule has 0 N–H and O–H groups in total. The van der Waals surface area contributed by atoms with Crippen molar-refractivity contribution in [2.75, 3.05) is 11.4 Å². The van der Waals surface area contributed by atoms with Gasteiger partial charge in [-0.3, -0.25) is 0 Å². The van der Waals surface area contributed by atoms with Crippen LogP contribution >= 0.6 is 0 Å². The number of nitrogens with zero attached hydrogens (tertiary/aromatic N) is 3. The molecule has 158 valence electrons. The normalized spacial score (nSPS) is 13.7. The van der Waals surface area contributed by atoms with Crippen molar-refractivity contribution < 1.29 is 0 Å². The van der Waals surface area contributed by atoms with Crippen LogP contribution in [0.25, 0.3) is 10.9 Å². The molecule has 2 aromatic carbocycles. The molecule has 1 aliphatic rings. The Morgan fingerprint density at radius 2 is 1.68 bits per heavy atom. The summed E-state index contributed by atoms with van der Waals surface area (Å²) in [6.07, 6.45) is 4.02. The Labute approximate surface area is 185 Å². The van der Waals surface area contributed by atoms with Gasteiger partial charge in [-0.2, -0.15) is 0 Å². The highest BCUT2D eigenvalue weighted by atomic mass is 15.2. The first-order chi connectivity index (χ1) is 15.1. The van der Waals surface area contributed by atoms with E-state index in [1.54, 1.807) is 0 Å². The van der Waals surface area contributed by atoms with Gasteiger partial charge in [-0.25, -0.2) is 4.98 Å². The Hall–Kier alpha value is -3.07. The largest absolute Gasteiger partial charge is 0.351 e. The minimum absolute atomic E-state index is 0.595. The van der Waals surface area contributed by atoms with Gasteiger partial charge in [0, 0.05) is 36.9 Å². The third-order valence-corrected chi connectivity index (χ3v) is 6.54. The van der Waals surface area contributed by atoms with Crippen LogP contribution in [0.15, 0.2) is 66.9 Å². The number of pyridine rings is 1. The van der Waals surface area contributed by atoms with Crippen molar-refractivity contribution in [2.24, 2.45) is 5.92 Å². The van der Waals surface area contributed by atoms with Crippen molar-refractivity contribution in [2.45, 2.75) is 46.7 Å². The Balaban J connectivity index is 1.65. The van der Waals surface area contributed by atoms with E-state index in [4.69, 9.17) is 4.98 Å². The third-order valence-electron chi connectivity index (χ3n) is 6.54. The summed E-state index contributed by atoms with van der Waals surface area (Å²) in [6, 6.07) is 21.9. The molecule has 31 heavy (non-hydrogen) atoms. The number of aromatic nitrogens is 2. The molecule has 1 aliphatic heterocycles. The lowest BCUT2D eigenvalue weighted by Gasteiger charge is -2.30. The zero-order chi connectivity index (χ0) is 21.4. The van der Waals surface area contributed by atoms with Crippen molar-refractivity contribution in [3.8, 4) is 0 Å². The number of benzene rings is 2. The van der Waals surface area contributed by atoms with Crippen molar-refractivity contribution >= 4 is 16.7 Å². The SMILES string of the molecule is Cc1c(Cc2ccccc2)c2c(N3CCc4ccccc4C3)nccc2n1CC(C)C. The molecule has 0 radical (unpaired) electrons. The molecule has 0 saturated carbocycles. The molecular weight excluding hydrogens is 378 g/mol. The minimum atomic E-state index is 0.595. The average molecular weight is 410 g/mol. The molecule has 0 aliphatic carbocycles. The highest BCUT2D eigenvalue weighted by molar-refractivity contribution is 5.95. The first-order valence-electron chi connectivity index (χ1n) is 11.4. The second-order valence-electron chi connectivity index (χ2n) is 9.20.